The minimum Gasteiger partial charge on any atom is -0.468 e. The van der Waals surface area contributed by atoms with Crippen LogP contribution in [0.3, 0.4) is 0 Å². The van der Waals surface area contributed by atoms with E-state index in [1.807, 2.05) is 6.92 Å². The van der Waals surface area contributed by atoms with Gasteiger partial charge in [-0.25, -0.2) is 18.1 Å². The van der Waals surface area contributed by atoms with Crippen LogP contribution in [0.2, 0.25) is 0 Å². The van der Waals surface area contributed by atoms with Crippen molar-refractivity contribution in [1.82, 2.24) is 15.0 Å². The summed E-state index contributed by atoms with van der Waals surface area (Å²) < 4.78 is 67.7. The number of pyridine rings is 1. The molecular formula is C14H21ClF3N3O3S. The molecule has 25 heavy (non-hydrogen) atoms. The summed E-state index contributed by atoms with van der Waals surface area (Å²) in [5.41, 5.74) is -0.124. The zero-order chi connectivity index (χ0) is 17.8. The lowest BCUT2D eigenvalue weighted by atomic mass is 9.81. The van der Waals surface area contributed by atoms with Crippen molar-refractivity contribution in [3.63, 3.8) is 0 Å². The maximum absolute atomic E-state index is 12.3. The lowest BCUT2D eigenvalue weighted by Crippen LogP contribution is -2.42. The van der Waals surface area contributed by atoms with Crippen LogP contribution in [-0.2, 0) is 10.0 Å². The van der Waals surface area contributed by atoms with Crippen LogP contribution in [0.1, 0.15) is 19.8 Å². The van der Waals surface area contributed by atoms with Crippen molar-refractivity contribution in [2.75, 3.05) is 26.2 Å². The fourth-order valence-corrected chi connectivity index (χ4v) is 3.47. The summed E-state index contributed by atoms with van der Waals surface area (Å²) in [5.74, 6) is -0.281. The topological polar surface area (TPSA) is 80.3 Å². The molecule has 6 nitrogen and oxygen atoms in total. The van der Waals surface area contributed by atoms with E-state index in [0.29, 0.717) is 6.54 Å². The predicted molar refractivity (Wildman–Crippen MR) is 88.4 cm³/mol. The molecule has 2 rings (SSSR count). The summed E-state index contributed by atoms with van der Waals surface area (Å²) in [4.78, 5) is 3.50. The maximum Gasteiger partial charge on any atom is 0.422 e. The molecule has 0 aliphatic carbocycles. The molecule has 0 bridgehead atoms. The molecule has 144 valence electrons. The SMILES string of the molecule is CC1(CNS(=O)(=O)c2ccc(OCC(F)(F)F)nc2)CCNCC1.Cl. The Morgan fingerprint density at radius 1 is 1.32 bits per heavy atom. The van der Waals surface area contributed by atoms with Crippen molar-refractivity contribution in [3.8, 4) is 5.88 Å². The minimum absolute atomic E-state index is 0. The summed E-state index contributed by atoms with van der Waals surface area (Å²) in [7, 11) is -3.77. The summed E-state index contributed by atoms with van der Waals surface area (Å²) in [6, 6.07) is 2.28. The van der Waals surface area contributed by atoms with Gasteiger partial charge in [0.05, 0.1) is 6.20 Å². The van der Waals surface area contributed by atoms with Gasteiger partial charge in [0.25, 0.3) is 0 Å². The highest BCUT2D eigenvalue weighted by molar-refractivity contribution is 7.89. The van der Waals surface area contributed by atoms with E-state index in [9.17, 15) is 21.6 Å². The van der Waals surface area contributed by atoms with Crippen molar-refractivity contribution < 1.29 is 26.3 Å². The number of aromatic nitrogens is 1. The van der Waals surface area contributed by atoms with Crippen LogP contribution < -0.4 is 14.8 Å². The first kappa shape index (κ1) is 21.9. The molecule has 1 saturated heterocycles. The van der Waals surface area contributed by atoms with Crippen LogP contribution in [0.15, 0.2) is 23.2 Å². The molecule has 0 atom stereocenters. The van der Waals surface area contributed by atoms with E-state index >= 15 is 0 Å². The number of nitrogens with one attached hydrogen (secondary N) is 2. The molecule has 1 aromatic heterocycles. The molecule has 0 radical (unpaired) electrons. The molecule has 0 saturated carbocycles. The highest BCUT2D eigenvalue weighted by Crippen LogP contribution is 2.27. The Balaban J connectivity index is 0.00000312. The molecule has 1 aliphatic heterocycles. The van der Waals surface area contributed by atoms with Gasteiger partial charge in [0.2, 0.25) is 15.9 Å². The second kappa shape index (κ2) is 8.52. The predicted octanol–water partition coefficient (Wildman–Crippen LogP) is 2.11. The van der Waals surface area contributed by atoms with Crippen LogP contribution >= 0.6 is 12.4 Å². The van der Waals surface area contributed by atoms with E-state index in [0.717, 1.165) is 38.2 Å². The van der Waals surface area contributed by atoms with Gasteiger partial charge in [-0.3, -0.25) is 0 Å². The molecule has 1 aromatic rings. The van der Waals surface area contributed by atoms with Crippen molar-refractivity contribution >= 4 is 22.4 Å². The number of hydrogen-bond acceptors (Lipinski definition) is 5. The molecule has 0 aromatic carbocycles. The molecule has 2 heterocycles. The third kappa shape index (κ3) is 6.96. The van der Waals surface area contributed by atoms with Crippen molar-refractivity contribution in [2.45, 2.75) is 30.8 Å². The third-order valence-corrected chi connectivity index (χ3v) is 5.29. The van der Waals surface area contributed by atoms with E-state index in [2.05, 4.69) is 19.8 Å². The minimum atomic E-state index is -4.47. The zero-order valence-corrected chi connectivity index (χ0v) is 15.2. The van der Waals surface area contributed by atoms with Crippen LogP contribution in [0.25, 0.3) is 0 Å². The Hall–Kier alpha value is -1.10. The van der Waals surface area contributed by atoms with Gasteiger partial charge in [-0.15, -0.1) is 12.4 Å². The van der Waals surface area contributed by atoms with Gasteiger partial charge >= 0.3 is 6.18 Å². The number of ether oxygens (including phenoxy) is 1. The van der Waals surface area contributed by atoms with E-state index in [1.54, 1.807) is 0 Å². The van der Waals surface area contributed by atoms with Crippen LogP contribution in [0.5, 0.6) is 5.88 Å². The maximum atomic E-state index is 12.3. The monoisotopic (exact) mass is 403 g/mol. The fraction of sp³-hybridized carbons (Fsp3) is 0.643. The average molecular weight is 404 g/mol. The van der Waals surface area contributed by atoms with Crippen molar-refractivity contribution in [2.24, 2.45) is 5.41 Å². The van der Waals surface area contributed by atoms with Gasteiger partial charge in [0.1, 0.15) is 4.90 Å². The molecule has 1 aliphatic rings. The Bertz CT molecular complexity index is 648. The fourth-order valence-electron chi connectivity index (χ4n) is 2.33. The highest BCUT2D eigenvalue weighted by Gasteiger charge is 2.30. The van der Waals surface area contributed by atoms with Gasteiger partial charge in [0.15, 0.2) is 6.61 Å². The summed E-state index contributed by atoms with van der Waals surface area (Å²) in [5, 5.41) is 3.22. The summed E-state index contributed by atoms with van der Waals surface area (Å²) in [6.07, 6.45) is -1.77. The lowest BCUT2D eigenvalue weighted by Gasteiger charge is -2.34. The van der Waals surface area contributed by atoms with E-state index < -0.39 is 22.8 Å². The number of nitrogens with zero attached hydrogens (tertiary/aromatic N) is 1. The molecule has 0 spiro atoms. The molecule has 2 N–H and O–H groups in total. The second-order valence-electron chi connectivity index (χ2n) is 6.12. The standard InChI is InChI=1S/C14H20F3N3O3S.ClH/c1-13(4-6-18-7-5-13)9-20-24(21,22)11-2-3-12(19-8-11)23-10-14(15,16)17;/h2-3,8,18,20H,4-7,9-10H2,1H3;1H. The first-order valence-corrected chi connectivity index (χ1v) is 8.94. The average Bonchev–Trinajstić information content (AvgIpc) is 2.52. The Kier molecular flexibility index (Phi) is 7.48. The molecule has 11 heteroatoms. The Morgan fingerprint density at radius 2 is 1.96 bits per heavy atom. The number of hydrogen-bond donors (Lipinski definition) is 2. The highest BCUT2D eigenvalue weighted by atomic mass is 35.5. The summed E-state index contributed by atoms with van der Waals surface area (Å²) >= 11 is 0. The number of piperidine rings is 1. The zero-order valence-electron chi connectivity index (χ0n) is 13.6. The van der Waals surface area contributed by atoms with Crippen molar-refractivity contribution in [1.29, 1.82) is 0 Å². The van der Waals surface area contributed by atoms with Gasteiger partial charge < -0.3 is 10.1 Å². The summed E-state index contributed by atoms with van der Waals surface area (Å²) in [6.45, 7) is 2.51. The van der Waals surface area contributed by atoms with E-state index in [4.69, 9.17) is 0 Å². The van der Waals surface area contributed by atoms with Gasteiger partial charge in [-0.1, -0.05) is 6.92 Å². The normalized spacial score (nSPS) is 17.6. The number of halogens is 4. The molecule has 0 amide bonds. The van der Waals surface area contributed by atoms with Crippen LogP contribution in [0.4, 0.5) is 13.2 Å². The smallest absolute Gasteiger partial charge is 0.422 e. The largest absolute Gasteiger partial charge is 0.468 e. The van der Waals surface area contributed by atoms with Crippen molar-refractivity contribution in [3.05, 3.63) is 18.3 Å². The number of sulfonamides is 1. The van der Waals surface area contributed by atoms with E-state index in [-0.39, 0.29) is 28.6 Å². The van der Waals surface area contributed by atoms with Crippen LogP contribution in [0, 0.1) is 5.41 Å². The molecule has 1 fully saturated rings. The number of rotatable bonds is 6. The lowest BCUT2D eigenvalue weighted by molar-refractivity contribution is -0.154. The number of alkyl halides is 3. The first-order valence-electron chi connectivity index (χ1n) is 7.46. The van der Waals surface area contributed by atoms with Gasteiger partial charge in [-0.2, -0.15) is 13.2 Å². The van der Waals surface area contributed by atoms with Crippen LogP contribution in [-0.4, -0.2) is 45.8 Å². The van der Waals surface area contributed by atoms with Gasteiger partial charge in [0, 0.05) is 12.6 Å². The first-order chi connectivity index (χ1) is 11.1. The molecule has 0 unspecified atom stereocenters. The molecular weight excluding hydrogens is 383 g/mol. The third-order valence-electron chi connectivity index (χ3n) is 3.90. The van der Waals surface area contributed by atoms with E-state index in [1.165, 1.54) is 6.07 Å². The Morgan fingerprint density at radius 3 is 2.48 bits per heavy atom. The quantitative estimate of drug-likeness (QED) is 0.760. The second-order valence-corrected chi connectivity index (χ2v) is 7.89. The van der Waals surface area contributed by atoms with Gasteiger partial charge in [-0.05, 0) is 37.4 Å². The Labute approximate surface area is 151 Å².